The number of hydrogen-bond acceptors (Lipinski definition) is 10. The highest BCUT2D eigenvalue weighted by atomic mass is 19.4. The minimum Gasteiger partial charge on any atom is -0.370 e. The van der Waals surface area contributed by atoms with Crippen molar-refractivity contribution < 1.29 is 42.8 Å². The van der Waals surface area contributed by atoms with Gasteiger partial charge in [0.05, 0.1) is 18.7 Å². The number of amides is 4. The van der Waals surface area contributed by atoms with E-state index in [9.17, 15) is 37.8 Å². The Morgan fingerprint density at radius 1 is 1.14 bits per heavy atom. The molecule has 2 fully saturated rings. The SMILES string of the molecule is NC1=N[C@@H](CN2C(=O)CN(c3ccccc3)C2=O)[C@@H]2[NH+]=C(N)N[C@]23N1C[C@H](NC(=O)c1cccc(C(F)(F)F)c1)C3(O)O. The van der Waals surface area contributed by atoms with E-state index in [1.54, 1.807) is 30.3 Å². The van der Waals surface area contributed by atoms with Gasteiger partial charge in [-0.1, -0.05) is 24.3 Å². The van der Waals surface area contributed by atoms with Gasteiger partial charge in [0.2, 0.25) is 5.79 Å². The lowest BCUT2D eigenvalue weighted by Crippen LogP contribution is -2.90. The number of rotatable bonds is 5. The number of aliphatic imine (C=N–C) groups is 1. The summed E-state index contributed by atoms with van der Waals surface area (Å²) < 4.78 is 39.6. The van der Waals surface area contributed by atoms with Crippen LogP contribution in [0.1, 0.15) is 15.9 Å². The number of halogens is 3. The molecule has 2 aromatic carbocycles. The molecule has 0 unspecified atom stereocenters. The average Bonchev–Trinajstić information content (AvgIpc) is 3.54. The van der Waals surface area contributed by atoms with Crippen molar-refractivity contribution in [2.24, 2.45) is 16.5 Å². The maximum atomic E-state index is 13.2. The van der Waals surface area contributed by atoms with E-state index in [4.69, 9.17) is 11.5 Å². The molecule has 17 heteroatoms. The molecule has 4 atom stereocenters. The van der Waals surface area contributed by atoms with Crippen molar-refractivity contribution >= 4 is 35.5 Å². The molecular weight excluding hydrogens is 575 g/mol. The van der Waals surface area contributed by atoms with E-state index >= 15 is 0 Å². The molecule has 226 valence electrons. The van der Waals surface area contributed by atoms with Gasteiger partial charge in [-0.25, -0.2) is 15.1 Å². The highest BCUT2D eigenvalue weighted by molar-refractivity contribution is 6.12. The van der Waals surface area contributed by atoms with Crippen LogP contribution in [0.25, 0.3) is 0 Å². The second-order valence-electron chi connectivity index (χ2n) is 10.6. The van der Waals surface area contributed by atoms with Crippen molar-refractivity contribution in [3.63, 3.8) is 0 Å². The minimum absolute atomic E-state index is 0.104. The molecule has 2 saturated heterocycles. The van der Waals surface area contributed by atoms with Gasteiger partial charge < -0.3 is 21.3 Å². The smallest absolute Gasteiger partial charge is 0.370 e. The predicted octanol–water partition coefficient (Wildman–Crippen LogP) is -2.97. The highest BCUT2D eigenvalue weighted by Crippen LogP contribution is 2.41. The quantitative estimate of drug-likeness (QED) is 0.138. The standard InChI is InChI=1S/C26H26F3N9O5/c27-26(28,29)14-6-4-5-13(9-14)20(40)33-17-11-38-22(31)32-16(19-24(38,25(17,42)43)35-21(30)34-19)10-37-18(39)12-36(23(37)41)15-7-2-1-3-8-15/h1-9,16-17,19,42-43H,10-12H2,(H2,31,32)(H,33,40)(H3,30,34,35)/p+1/t16-,17-,19-,24-/m0/s1. The van der Waals surface area contributed by atoms with Crippen LogP contribution < -0.4 is 32.0 Å². The van der Waals surface area contributed by atoms with Crippen molar-refractivity contribution in [2.45, 2.75) is 35.8 Å². The third kappa shape index (κ3) is 4.30. The van der Waals surface area contributed by atoms with Gasteiger partial charge in [-0.3, -0.25) is 35.0 Å². The number of nitrogens with one attached hydrogen (secondary N) is 3. The van der Waals surface area contributed by atoms with Crippen molar-refractivity contribution in [3.8, 4) is 0 Å². The molecule has 4 aliphatic rings. The maximum Gasteiger partial charge on any atom is 0.416 e. The second-order valence-corrected chi connectivity index (χ2v) is 10.6. The number of carbonyl (C=O) groups excluding carboxylic acids is 3. The van der Waals surface area contributed by atoms with Crippen molar-refractivity contribution in [1.82, 2.24) is 20.4 Å². The average molecular weight is 603 g/mol. The molecular formula is C26H27F3N9O5+. The Hall–Kier alpha value is -4.90. The van der Waals surface area contributed by atoms with E-state index in [0.717, 1.165) is 23.1 Å². The van der Waals surface area contributed by atoms with E-state index in [1.807, 2.05) is 0 Å². The normalized spacial score (nSPS) is 27.8. The van der Waals surface area contributed by atoms with E-state index in [2.05, 4.69) is 20.6 Å². The summed E-state index contributed by atoms with van der Waals surface area (Å²) in [6, 6.07) is 7.96. The van der Waals surface area contributed by atoms with Crippen LogP contribution in [0.2, 0.25) is 0 Å². The van der Waals surface area contributed by atoms with Crippen molar-refractivity contribution in [3.05, 3.63) is 65.7 Å². The van der Waals surface area contributed by atoms with Crippen LogP contribution in [0, 0.1) is 0 Å². The largest absolute Gasteiger partial charge is 0.416 e. The van der Waals surface area contributed by atoms with Gasteiger partial charge in [-0.05, 0) is 30.3 Å². The predicted molar refractivity (Wildman–Crippen MR) is 143 cm³/mol. The molecule has 6 rings (SSSR count). The monoisotopic (exact) mass is 602 g/mol. The third-order valence-electron chi connectivity index (χ3n) is 8.13. The zero-order chi connectivity index (χ0) is 30.9. The number of aliphatic hydroxyl groups is 2. The molecule has 9 N–H and O–H groups in total. The maximum absolute atomic E-state index is 13.2. The molecule has 0 bridgehead atoms. The highest BCUT2D eigenvalue weighted by Gasteiger charge is 2.76. The summed E-state index contributed by atoms with van der Waals surface area (Å²) in [5.41, 5.74) is 9.44. The minimum atomic E-state index is -4.70. The zero-order valence-corrected chi connectivity index (χ0v) is 22.2. The molecule has 1 spiro atoms. The van der Waals surface area contributed by atoms with Crippen LogP contribution >= 0.6 is 0 Å². The van der Waals surface area contributed by atoms with Crippen LogP contribution in [0.15, 0.2) is 59.6 Å². The lowest BCUT2D eigenvalue weighted by Gasteiger charge is -2.46. The topological polar surface area (TPSA) is 204 Å². The fraction of sp³-hybridized carbons (Fsp3) is 0.346. The molecule has 4 amide bonds. The Kier molecular flexibility index (Phi) is 6.28. The summed E-state index contributed by atoms with van der Waals surface area (Å²) in [5, 5.41) is 28.3. The Balaban J connectivity index is 1.27. The summed E-state index contributed by atoms with van der Waals surface area (Å²) in [4.78, 5) is 50.0. The fourth-order valence-corrected chi connectivity index (χ4v) is 6.12. The molecule has 0 aromatic heterocycles. The number of hydrogen-bond donors (Lipinski definition) is 7. The number of imide groups is 1. The number of guanidine groups is 2. The van der Waals surface area contributed by atoms with Gasteiger partial charge in [0.25, 0.3) is 17.5 Å². The number of nitrogens with zero attached hydrogens (tertiary/aromatic N) is 4. The lowest BCUT2D eigenvalue weighted by atomic mass is 9.84. The summed E-state index contributed by atoms with van der Waals surface area (Å²) in [5.74, 6) is -4.68. The van der Waals surface area contributed by atoms with Gasteiger partial charge in [-0.15, -0.1) is 0 Å². The number of alkyl halides is 3. The summed E-state index contributed by atoms with van der Waals surface area (Å²) in [6.07, 6.45) is -4.70. The molecule has 43 heavy (non-hydrogen) atoms. The Morgan fingerprint density at radius 2 is 1.86 bits per heavy atom. The van der Waals surface area contributed by atoms with Crippen LogP contribution in [0.3, 0.4) is 0 Å². The molecule has 4 heterocycles. The van der Waals surface area contributed by atoms with Gasteiger partial charge in [-0.2, -0.15) is 13.2 Å². The van der Waals surface area contributed by atoms with Crippen molar-refractivity contribution in [1.29, 1.82) is 0 Å². The molecule has 4 aliphatic heterocycles. The Bertz CT molecular complexity index is 1570. The van der Waals surface area contributed by atoms with Gasteiger partial charge >= 0.3 is 18.2 Å². The fourth-order valence-electron chi connectivity index (χ4n) is 6.12. The van der Waals surface area contributed by atoms with Gasteiger partial charge in [0.1, 0.15) is 18.6 Å². The van der Waals surface area contributed by atoms with Gasteiger partial charge in [0, 0.05) is 11.3 Å². The number of urea groups is 1. The number of para-hydroxylation sites is 1. The first-order valence-corrected chi connectivity index (χ1v) is 13.1. The van der Waals surface area contributed by atoms with E-state index in [1.165, 1.54) is 9.80 Å². The number of benzene rings is 2. The molecule has 0 radical (unpaired) electrons. The van der Waals surface area contributed by atoms with Crippen LogP contribution in [0.4, 0.5) is 23.7 Å². The lowest BCUT2D eigenvalue weighted by molar-refractivity contribution is -0.521. The van der Waals surface area contributed by atoms with Crippen LogP contribution in [-0.2, 0) is 11.0 Å². The molecule has 2 aromatic rings. The Labute approximate surface area is 241 Å². The molecule has 14 nitrogen and oxygen atoms in total. The van der Waals surface area contributed by atoms with E-state index in [-0.39, 0.29) is 37.1 Å². The first-order valence-electron chi connectivity index (χ1n) is 13.1. The van der Waals surface area contributed by atoms with Gasteiger partial charge in [0.15, 0.2) is 12.0 Å². The van der Waals surface area contributed by atoms with Crippen LogP contribution in [-0.4, -0.2) is 99.0 Å². The molecule has 0 saturated carbocycles. The summed E-state index contributed by atoms with van der Waals surface area (Å²) in [7, 11) is 0. The third-order valence-corrected chi connectivity index (χ3v) is 8.13. The summed E-state index contributed by atoms with van der Waals surface area (Å²) in [6.45, 7) is -0.854. The number of nitrogens with two attached hydrogens (primary N) is 2. The molecule has 0 aliphatic carbocycles. The Morgan fingerprint density at radius 3 is 2.56 bits per heavy atom. The zero-order valence-electron chi connectivity index (χ0n) is 22.2. The first kappa shape index (κ1) is 28.2. The first-order chi connectivity index (χ1) is 20.2. The number of carbonyl (C=O) groups is 3. The second kappa shape index (κ2) is 9.56. The van der Waals surface area contributed by atoms with E-state index in [0.29, 0.717) is 11.8 Å². The van der Waals surface area contributed by atoms with E-state index < -0.39 is 59.2 Å². The number of anilines is 1. The van der Waals surface area contributed by atoms with Crippen LogP contribution in [0.5, 0.6) is 0 Å². The summed E-state index contributed by atoms with van der Waals surface area (Å²) >= 11 is 0. The van der Waals surface area contributed by atoms with Crippen molar-refractivity contribution in [2.75, 3.05) is 24.5 Å².